The largest absolute Gasteiger partial charge is 0.361 e. The molecule has 0 bridgehead atoms. The van der Waals surface area contributed by atoms with Crippen molar-refractivity contribution in [2.45, 2.75) is 32.1 Å². The third kappa shape index (κ3) is 2.05. The van der Waals surface area contributed by atoms with Crippen molar-refractivity contribution in [1.29, 1.82) is 0 Å². The fourth-order valence-corrected chi connectivity index (χ4v) is 4.02. The van der Waals surface area contributed by atoms with Crippen LogP contribution < -0.4 is 0 Å². The molecule has 2 fully saturated rings. The number of H-pyrrole nitrogens is 1. The summed E-state index contributed by atoms with van der Waals surface area (Å²) in [4.78, 5) is 29.7. The molecule has 2 aromatic rings. The van der Waals surface area contributed by atoms with Crippen LogP contribution in [-0.2, 0) is 16.0 Å². The van der Waals surface area contributed by atoms with E-state index in [2.05, 4.69) is 11.1 Å². The Hall–Kier alpha value is -2.10. The van der Waals surface area contributed by atoms with Crippen molar-refractivity contribution in [1.82, 2.24) is 9.88 Å². The molecule has 0 unspecified atom stereocenters. The van der Waals surface area contributed by atoms with Crippen LogP contribution in [-0.4, -0.2) is 28.2 Å². The lowest BCUT2D eigenvalue weighted by atomic mass is 9.81. The molecule has 4 heteroatoms. The Labute approximate surface area is 129 Å². The second kappa shape index (κ2) is 5.27. The minimum absolute atomic E-state index is 0.0378. The van der Waals surface area contributed by atoms with Crippen LogP contribution in [0.4, 0.5) is 0 Å². The van der Waals surface area contributed by atoms with Crippen LogP contribution >= 0.6 is 0 Å². The van der Waals surface area contributed by atoms with Crippen molar-refractivity contribution in [2.75, 3.05) is 6.54 Å². The third-order valence-electron chi connectivity index (χ3n) is 5.21. The Bertz CT molecular complexity index is 710. The minimum Gasteiger partial charge on any atom is -0.361 e. The fourth-order valence-electron chi connectivity index (χ4n) is 4.02. The van der Waals surface area contributed by atoms with Gasteiger partial charge >= 0.3 is 0 Å². The molecule has 1 aliphatic heterocycles. The molecule has 1 saturated carbocycles. The number of rotatable bonds is 3. The second-order valence-electron chi connectivity index (χ2n) is 6.44. The van der Waals surface area contributed by atoms with Crippen molar-refractivity contribution in [3.8, 4) is 0 Å². The summed E-state index contributed by atoms with van der Waals surface area (Å²) in [6.45, 7) is 0.506. The van der Waals surface area contributed by atoms with Crippen molar-refractivity contribution in [3.63, 3.8) is 0 Å². The highest BCUT2D eigenvalue weighted by Crippen LogP contribution is 2.38. The van der Waals surface area contributed by atoms with Crippen molar-refractivity contribution >= 4 is 22.7 Å². The summed E-state index contributed by atoms with van der Waals surface area (Å²) < 4.78 is 0. The second-order valence-corrected chi connectivity index (χ2v) is 6.44. The lowest BCUT2D eigenvalue weighted by Gasteiger charge is -2.19. The monoisotopic (exact) mass is 296 g/mol. The highest BCUT2D eigenvalue weighted by Gasteiger charge is 2.47. The zero-order chi connectivity index (χ0) is 15.1. The topological polar surface area (TPSA) is 53.2 Å². The summed E-state index contributed by atoms with van der Waals surface area (Å²) in [6, 6.07) is 8.13. The zero-order valence-corrected chi connectivity index (χ0v) is 12.5. The third-order valence-corrected chi connectivity index (χ3v) is 5.21. The van der Waals surface area contributed by atoms with E-state index in [0.29, 0.717) is 6.54 Å². The molecule has 1 N–H and O–H groups in total. The van der Waals surface area contributed by atoms with Gasteiger partial charge in [0.05, 0.1) is 11.8 Å². The van der Waals surface area contributed by atoms with E-state index in [-0.39, 0.29) is 23.7 Å². The van der Waals surface area contributed by atoms with Gasteiger partial charge in [-0.05, 0) is 30.9 Å². The number of nitrogens with zero attached hydrogens (tertiary/aromatic N) is 1. The van der Waals surface area contributed by atoms with Crippen LogP contribution in [0.2, 0.25) is 0 Å². The van der Waals surface area contributed by atoms with Gasteiger partial charge in [-0.15, -0.1) is 0 Å². The van der Waals surface area contributed by atoms with Gasteiger partial charge in [-0.2, -0.15) is 0 Å². The van der Waals surface area contributed by atoms with Crippen molar-refractivity contribution < 1.29 is 9.59 Å². The number of nitrogens with one attached hydrogen (secondary N) is 1. The van der Waals surface area contributed by atoms with Crippen LogP contribution in [0.25, 0.3) is 10.9 Å². The molecule has 4 rings (SSSR count). The number of carbonyl (C=O) groups excluding carboxylic acids is 2. The van der Waals surface area contributed by atoms with E-state index in [9.17, 15) is 9.59 Å². The molecule has 1 saturated heterocycles. The lowest BCUT2D eigenvalue weighted by Crippen LogP contribution is -2.33. The number of likely N-dealkylation sites (tertiary alicyclic amines) is 1. The highest BCUT2D eigenvalue weighted by atomic mass is 16.2. The van der Waals surface area contributed by atoms with Gasteiger partial charge in [0.2, 0.25) is 11.8 Å². The number of imide groups is 1. The molecular formula is C18H20N2O2. The summed E-state index contributed by atoms with van der Waals surface area (Å²) in [5, 5.41) is 1.18. The van der Waals surface area contributed by atoms with E-state index in [1.54, 1.807) is 0 Å². The fraction of sp³-hybridized carbons (Fsp3) is 0.444. The van der Waals surface area contributed by atoms with Gasteiger partial charge in [0.15, 0.2) is 0 Å². The van der Waals surface area contributed by atoms with Crippen LogP contribution in [0.5, 0.6) is 0 Å². The van der Waals surface area contributed by atoms with Crippen LogP contribution in [0, 0.1) is 11.8 Å². The first kappa shape index (κ1) is 13.6. The normalized spacial score (nSPS) is 25.0. The molecule has 1 aliphatic carbocycles. The molecule has 114 valence electrons. The number of fused-ring (bicyclic) bond motifs is 2. The molecule has 2 amide bonds. The van der Waals surface area contributed by atoms with E-state index in [0.717, 1.165) is 37.6 Å². The van der Waals surface area contributed by atoms with Gasteiger partial charge in [0.25, 0.3) is 0 Å². The Morgan fingerprint density at radius 3 is 2.45 bits per heavy atom. The number of benzene rings is 1. The van der Waals surface area contributed by atoms with Crippen molar-refractivity contribution in [3.05, 3.63) is 36.0 Å². The van der Waals surface area contributed by atoms with E-state index in [1.807, 2.05) is 24.4 Å². The van der Waals surface area contributed by atoms with E-state index < -0.39 is 0 Å². The van der Waals surface area contributed by atoms with E-state index >= 15 is 0 Å². The first-order chi connectivity index (χ1) is 10.8. The van der Waals surface area contributed by atoms with Crippen LogP contribution in [0.15, 0.2) is 30.5 Å². The highest BCUT2D eigenvalue weighted by molar-refractivity contribution is 6.05. The number of amides is 2. The Morgan fingerprint density at radius 2 is 1.73 bits per heavy atom. The predicted octanol–water partition coefficient (Wildman–Crippen LogP) is 2.89. The maximum atomic E-state index is 12.5. The Balaban J connectivity index is 1.52. The maximum Gasteiger partial charge on any atom is 0.233 e. The van der Waals surface area contributed by atoms with Gasteiger partial charge in [0.1, 0.15) is 0 Å². The lowest BCUT2D eigenvalue weighted by molar-refractivity contribution is -0.139. The van der Waals surface area contributed by atoms with Crippen LogP contribution in [0.3, 0.4) is 0 Å². The van der Waals surface area contributed by atoms with Gasteiger partial charge < -0.3 is 4.98 Å². The number of aromatic amines is 1. The molecule has 22 heavy (non-hydrogen) atoms. The molecule has 0 spiro atoms. The van der Waals surface area contributed by atoms with E-state index in [4.69, 9.17) is 0 Å². The van der Waals surface area contributed by atoms with Gasteiger partial charge in [-0.25, -0.2) is 0 Å². The maximum absolute atomic E-state index is 12.5. The summed E-state index contributed by atoms with van der Waals surface area (Å²) in [7, 11) is 0. The number of hydrogen-bond donors (Lipinski definition) is 1. The molecule has 0 radical (unpaired) electrons. The molecular weight excluding hydrogens is 276 g/mol. The van der Waals surface area contributed by atoms with Crippen molar-refractivity contribution in [2.24, 2.45) is 11.8 Å². The molecule has 2 aliphatic rings. The first-order valence-corrected chi connectivity index (χ1v) is 8.16. The number of aromatic nitrogens is 1. The predicted molar refractivity (Wildman–Crippen MR) is 84.2 cm³/mol. The summed E-state index contributed by atoms with van der Waals surface area (Å²) in [5.41, 5.74) is 2.27. The SMILES string of the molecule is O=C1[C@H]2CCCC[C@@H]2C(=O)N1CCc1c[nH]c2ccccc12. The van der Waals surface area contributed by atoms with E-state index in [1.165, 1.54) is 15.8 Å². The quantitative estimate of drug-likeness (QED) is 0.885. The average molecular weight is 296 g/mol. The first-order valence-electron chi connectivity index (χ1n) is 8.16. The summed E-state index contributed by atoms with van der Waals surface area (Å²) >= 11 is 0. The Kier molecular flexibility index (Phi) is 3.25. The van der Waals surface area contributed by atoms with Gasteiger partial charge in [-0.1, -0.05) is 31.0 Å². The number of hydrogen-bond acceptors (Lipinski definition) is 2. The number of para-hydroxylation sites is 1. The molecule has 4 nitrogen and oxygen atoms in total. The van der Waals surface area contributed by atoms with Gasteiger partial charge in [-0.3, -0.25) is 14.5 Å². The number of carbonyl (C=O) groups is 2. The summed E-state index contributed by atoms with van der Waals surface area (Å²) in [6.07, 6.45) is 6.65. The standard InChI is InChI=1S/C18H20N2O2/c21-17-14-6-1-2-7-15(14)18(22)20(17)10-9-12-11-19-16-8-4-3-5-13(12)16/h3-5,8,11,14-15,19H,1-2,6-7,9-10H2/t14-,15-/m0/s1. The molecule has 1 aromatic heterocycles. The van der Waals surface area contributed by atoms with Gasteiger partial charge in [0, 0.05) is 23.6 Å². The zero-order valence-electron chi connectivity index (χ0n) is 12.5. The minimum atomic E-state index is -0.0378. The molecule has 2 atom stereocenters. The van der Waals surface area contributed by atoms with Crippen LogP contribution in [0.1, 0.15) is 31.2 Å². The Morgan fingerprint density at radius 1 is 1.05 bits per heavy atom. The smallest absolute Gasteiger partial charge is 0.233 e. The summed E-state index contributed by atoms with van der Waals surface area (Å²) in [5.74, 6) is 0.0533. The molecule has 2 heterocycles. The molecule has 1 aromatic carbocycles. The average Bonchev–Trinajstić information content (AvgIpc) is 3.07.